The Morgan fingerprint density at radius 1 is 1.17 bits per heavy atom. The van der Waals surface area contributed by atoms with E-state index in [2.05, 4.69) is 0 Å². The molecule has 6 heteroatoms. The average molecular weight is 340 g/mol. The third-order valence-corrected chi connectivity index (χ3v) is 6.01. The van der Waals surface area contributed by atoms with Crippen molar-refractivity contribution in [3.8, 4) is 0 Å². The fourth-order valence-corrected chi connectivity index (χ4v) is 4.29. The summed E-state index contributed by atoms with van der Waals surface area (Å²) < 4.78 is 42.0. The Morgan fingerprint density at radius 2 is 1.83 bits per heavy atom. The first-order valence-electron chi connectivity index (χ1n) is 8.22. The van der Waals surface area contributed by atoms with Gasteiger partial charge in [-0.2, -0.15) is 8.42 Å². The van der Waals surface area contributed by atoms with E-state index < -0.39 is 22.0 Å². The monoisotopic (exact) mass is 340 g/mol. The van der Waals surface area contributed by atoms with Gasteiger partial charge < -0.3 is 9.47 Å². The maximum atomic E-state index is 12.4. The van der Waals surface area contributed by atoms with Gasteiger partial charge in [-0.25, -0.2) is 0 Å². The lowest BCUT2D eigenvalue weighted by molar-refractivity contribution is -0.193. The molecular weight excluding hydrogens is 316 g/mol. The van der Waals surface area contributed by atoms with E-state index in [9.17, 15) is 8.42 Å². The van der Waals surface area contributed by atoms with Crippen LogP contribution in [0.2, 0.25) is 0 Å². The van der Waals surface area contributed by atoms with Crippen molar-refractivity contribution in [2.24, 2.45) is 0 Å². The number of benzene rings is 1. The van der Waals surface area contributed by atoms with Crippen LogP contribution in [0.5, 0.6) is 0 Å². The maximum absolute atomic E-state index is 12.4. The molecule has 1 heterocycles. The SMILES string of the molecule is Cc1ccc(S(=O)(=O)OC(C)[C@H]2COC3(CCCCC3)O2)cc1. The van der Waals surface area contributed by atoms with Gasteiger partial charge >= 0.3 is 0 Å². The maximum Gasteiger partial charge on any atom is 0.297 e. The van der Waals surface area contributed by atoms with Crippen molar-refractivity contribution in [2.75, 3.05) is 6.61 Å². The van der Waals surface area contributed by atoms with Crippen molar-refractivity contribution in [2.45, 2.75) is 68.8 Å². The van der Waals surface area contributed by atoms with Crippen LogP contribution in [-0.2, 0) is 23.8 Å². The molecule has 0 bridgehead atoms. The van der Waals surface area contributed by atoms with Crippen LogP contribution in [0.4, 0.5) is 0 Å². The number of hydrogen-bond acceptors (Lipinski definition) is 5. The van der Waals surface area contributed by atoms with Gasteiger partial charge in [0.25, 0.3) is 10.1 Å². The molecule has 3 rings (SSSR count). The van der Waals surface area contributed by atoms with Gasteiger partial charge in [0.05, 0.1) is 11.5 Å². The first-order chi connectivity index (χ1) is 10.9. The molecule has 1 unspecified atom stereocenters. The molecule has 0 radical (unpaired) electrons. The second kappa shape index (κ2) is 6.51. The summed E-state index contributed by atoms with van der Waals surface area (Å²) in [5.74, 6) is -0.520. The number of rotatable bonds is 4. The average Bonchev–Trinajstić information content (AvgIpc) is 2.92. The van der Waals surface area contributed by atoms with E-state index >= 15 is 0 Å². The minimum absolute atomic E-state index is 0.168. The molecule has 2 aliphatic rings. The number of aryl methyl sites for hydroxylation is 1. The van der Waals surface area contributed by atoms with Gasteiger partial charge in [0, 0.05) is 12.8 Å². The Morgan fingerprint density at radius 3 is 2.48 bits per heavy atom. The lowest BCUT2D eigenvalue weighted by Gasteiger charge is -2.32. The van der Waals surface area contributed by atoms with Crippen LogP contribution in [0.1, 0.15) is 44.6 Å². The van der Waals surface area contributed by atoms with Crippen LogP contribution < -0.4 is 0 Å². The summed E-state index contributed by atoms with van der Waals surface area (Å²) in [6.07, 6.45) is 4.19. The van der Waals surface area contributed by atoms with Crippen LogP contribution in [-0.4, -0.2) is 33.0 Å². The molecule has 5 nitrogen and oxygen atoms in total. The minimum Gasteiger partial charge on any atom is -0.347 e. The Bertz CT molecular complexity index is 631. The summed E-state index contributed by atoms with van der Waals surface area (Å²) >= 11 is 0. The first-order valence-corrected chi connectivity index (χ1v) is 9.63. The van der Waals surface area contributed by atoms with Crippen LogP contribution in [0, 0.1) is 6.92 Å². The van der Waals surface area contributed by atoms with Gasteiger partial charge in [-0.15, -0.1) is 0 Å². The van der Waals surface area contributed by atoms with Gasteiger partial charge in [0.1, 0.15) is 12.2 Å². The topological polar surface area (TPSA) is 61.8 Å². The Balaban J connectivity index is 1.65. The van der Waals surface area contributed by atoms with Crippen molar-refractivity contribution in [1.29, 1.82) is 0 Å². The van der Waals surface area contributed by atoms with Crippen LogP contribution in [0.3, 0.4) is 0 Å². The minimum atomic E-state index is -3.79. The van der Waals surface area contributed by atoms with E-state index in [4.69, 9.17) is 13.7 Å². The smallest absolute Gasteiger partial charge is 0.297 e. The van der Waals surface area contributed by atoms with Gasteiger partial charge in [0.15, 0.2) is 5.79 Å². The Kier molecular flexibility index (Phi) is 4.78. The third kappa shape index (κ3) is 3.76. The second-order valence-electron chi connectivity index (χ2n) is 6.51. The van der Waals surface area contributed by atoms with E-state index in [0.29, 0.717) is 6.61 Å². The summed E-state index contributed by atoms with van der Waals surface area (Å²) in [6.45, 7) is 4.01. The molecule has 2 atom stereocenters. The van der Waals surface area contributed by atoms with E-state index in [-0.39, 0.29) is 11.0 Å². The van der Waals surface area contributed by atoms with E-state index in [1.807, 2.05) is 6.92 Å². The zero-order valence-electron chi connectivity index (χ0n) is 13.7. The van der Waals surface area contributed by atoms with Crippen LogP contribution in [0.15, 0.2) is 29.2 Å². The predicted molar refractivity (Wildman–Crippen MR) is 85.6 cm³/mol. The fourth-order valence-electron chi connectivity index (χ4n) is 3.18. The molecular formula is C17H24O5S. The summed E-state index contributed by atoms with van der Waals surface area (Å²) in [6, 6.07) is 6.64. The quantitative estimate of drug-likeness (QED) is 0.788. The molecule has 1 aromatic carbocycles. The third-order valence-electron chi connectivity index (χ3n) is 4.60. The zero-order chi connectivity index (χ0) is 16.5. The fraction of sp³-hybridized carbons (Fsp3) is 0.647. The number of ether oxygens (including phenoxy) is 2. The summed E-state index contributed by atoms with van der Waals surface area (Å²) in [4.78, 5) is 0.168. The molecule has 1 aliphatic heterocycles. The van der Waals surface area contributed by atoms with E-state index in [1.54, 1.807) is 31.2 Å². The molecule has 0 N–H and O–H groups in total. The van der Waals surface area contributed by atoms with Crippen molar-refractivity contribution in [1.82, 2.24) is 0 Å². The molecule has 0 amide bonds. The summed E-state index contributed by atoms with van der Waals surface area (Å²) in [5.41, 5.74) is 1.00. The Hall–Kier alpha value is -0.950. The predicted octanol–water partition coefficient (Wildman–Crippen LogP) is 3.16. The molecule has 23 heavy (non-hydrogen) atoms. The molecule has 1 aromatic rings. The Labute approximate surface area is 138 Å². The summed E-state index contributed by atoms with van der Waals surface area (Å²) in [7, 11) is -3.79. The number of hydrogen-bond donors (Lipinski definition) is 0. The van der Waals surface area contributed by atoms with Crippen LogP contribution in [0.25, 0.3) is 0 Å². The van der Waals surface area contributed by atoms with Crippen molar-refractivity contribution in [3.05, 3.63) is 29.8 Å². The summed E-state index contributed by atoms with van der Waals surface area (Å²) in [5, 5.41) is 0. The van der Waals surface area contributed by atoms with Gasteiger partial charge in [0.2, 0.25) is 0 Å². The molecule has 0 aromatic heterocycles. The lowest BCUT2D eigenvalue weighted by atomic mass is 9.94. The van der Waals surface area contributed by atoms with Crippen molar-refractivity contribution < 1.29 is 22.1 Å². The molecule has 1 spiro atoms. The highest BCUT2D eigenvalue weighted by atomic mass is 32.2. The van der Waals surface area contributed by atoms with Crippen molar-refractivity contribution >= 4 is 10.1 Å². The van der Waals surface area contributed by atoms with Crippen LogP contribution >= 0.6 is 0 Å². The molecule has 1 saturated heterocycles. The highest BCUT2D eigenvalue weighted by Crippen LogP contribution is 2.39. The van der Waals surface area contributed by atoms with E-state index in [1.165, 1.54) is 6.42 Å². The molecule has 1 saturated carbocycles. The van der Waals surface area contributed by atoms with E-state index in [0.717, 1.165) is 31.2 Å². The van der Waals surface area contributed by atoms with Crippen molar-refractivity contribution in [3.63, 3.8) is 0 Å². The second-order valence-corrected chi connectivity index (χ2v) is 8.08. The highest BCUT2D eigenvalue weighted by Gasteiger charge is 2.45. The normalized spacial score (nSPS) is 25.6. The largest absolute Gasteiger partial charge is 0.347 e. The first kappa shape index (κ1) is 16.9. The van der Waals surface area contributed by atoms with Gasteiger partial charge in [-0.1, -0.05) is 24.1 Å². The molecule has 2 fully saturated rings. The zero-order valence-corrected chi connectivity index (χ0v) is 14.5. The van der Waals surface area contributed by atoms with Gasteiger partial charge in [-0.05, 0) is 38.8 Å². The van der Waals surface area contributed by atoms with Gasteiger partial charge in [-0.3, -0.25) is 4.18 Å². The standard InChI is InChI=1S/C17H24O5S/c1-13-6-8-15(9-7-13)23(18,19)22-14(2)16-12-20-17(21-16)10-4-3-5-11-17/h6-9,14,16H,3-5,10-12H2,1-2H3/t14?,16-/m1/s1. The molecule has 1 aliphatic carbocycles. The lowest BCUT2D eigenvalue weighted by Crippen LogP contribution is -2.36. The highest BCUT2D eigenvalue weighted by molar-refractivity contribution is 7.86. The molecule has 128 valence electrons.